The predicted octanol–water partition coefficient (Wildman–Crippen LogP) is 8.27. The van der Waals surface area contributed by atoms with Crippen molar-refractivity contribution in [1.82, 2.24) is 10.3 Å². The minimum atomic E-state index is -0.550. The number of hydrogen-bond donors (Lipinski definition) is 2. The summed E-state index contributed by atoms with van der Waals surface area (Å²) in [7, 11) is 0. The molecule has 39 heavy (non-hydrogen) atoms. The van der Waals surface area contributed by atoms with Crippen molar-refractivity contribution < 1.29 is 8.83 Å². The third-order valence-electron chi connectivity index (χ3n) is 6.74. The van der Waals surface area contributed by atoms with Crippen LogP contribution in [-0.2, 0) is 0 Å². The van der Waals surface area contributed by atoms with Gasteiger partial charge in [0.05, 0.1) is 10.4 Å². The number of aromatic nitrogens is 1. The number of amidine groups is 1. The van der Waals surface area contributed by atoms with Crippen LogP contribution in [0.5, 0.6) is 0 Å². The number of para-hydroxylation sites is 1. The first kappa shape index (κ1) is 23.2. The molecule has 6 nitrogen and oxygen atoms in total. The van der Waals surface area contributed by atoms with E-state index in [1.54, 1.807) is 12.3 Å². The van der Waals surface area contributed by atoms with E-state index in [0.717, 1.165) is 38.5 Å². The van der Waals surface area contributed by atoms with Crippen LogP contribution < -0.4 is 5.32 Å². The van der Waals surface area contributed by atoms with Gasteiger partial charge in [-0.25, -0.2) is 0 Å². The fourth-order valence-electron chi connectivity index (χ4n) is 4.91. The van der Waals surface area contributed by atoms with Crippen LogP contribution in [0.3, 0.4) is 0 Å². The maximum Gasteiger partial charge on any atom is 0.155 e. The summed E-state index contributed by atoms with van der Waals surface area (Å²) in [6, 6.07) is 31.3. The fraction of sp³-hybridized carbons (Fsp3) is 0.0312. The standard InChI is InChI=1S/C32H21ClN4O2/c33-21-16-28-30(35-18-21)29-24(10-6-12-26(29)39-28)31(34)37-32(36-17-19-7-2-1-3-8-19)20-13-14-23-22-9-4-5-11-25(22)38-27(23)15-20/h1-18,32H,(H2,34,37)/b36-17+. The first-order valence-electron chi connectivity index (χ1n) is 12.5. The van der Waals surface area contributed by atoms with Crippen LogP contribution in [0.2, 0.25) is 5.02 Å². The molecule has 1 unspecified atom stereocenters. The van der Waals surface area contributed by atoms with Gasteiger partial charge in [0.2, 0.25) is 0 Å². The lowest BCUT2D eigenvalue weighted by atomic mass is 10.1. The molecule has 7 aromatic rings. The second-order valence-corrected chi connectivity index (χ2v) is 9.68. The largest absolute Gasteiger partial charge is 0.456 e. The van der Waals surface area contributed by atoms with Crippen LogP contribution in [-0.4, -0.2) is 17.0 Å². The second kappa shape index (κ2) is 9.42. The first-order chi connectivity index (χ1) is 19.1. The highest BCUT2D eigenvalue weighted by molar-refractivity contribution is 6.31. The lowest BCUT2D eigenvalue weighted by Gasteiger charge is -2.18. The van der Waals surface area contributed by atoms with E-state index in [0.29, 0.717) is 27.3 Å². The van der Waals surface area contributed by atoms with Gasteiger partial charge in [-0.1, -0.05) is 84.4 Å². The van der Waals surface area contributed by atoms with Crippen LogP contribution in [0, 0.1) is 5.41 Å². The van der Waals surface area contributed by atoms with E-state index in [4.69, 9.17) is 30.8 Å². The van der Waals surface area contributed by atoms with Gasteiger partial charge in [-0.3, -0.25) is 15.4 Å². The Balaban J connectivity index is 1.31. The summed E-state index contributed by atoms with van der Waals surface area (Å²) in [4.78, 5) is 9.34. The van der Waals surface area contributed by atoms with E-state index in [9.17, 15) is 0 Å². The van der Waals surface area contributed by atoms with Crippen molar-refractivity contribution in [2.75, 3.05) is 0 Å². The van der Waals surface area contributed by atoms with Gasteiger partial charge in [0.1, 0.15) is 34.3 Å². The Morgan fingerprint density at radius 2 is 1.59 bits per heavy atom. The van der Waals surface area contributed by atoms with Gasteiger partial charge in [-0.2, -0.15) is 0 Å². The molecule has 0 spiro atoms. The van der Waals surface area contributed by atoms with Crippen LogP contribution >= 0.6 is 11.6 Å². The van der Waals surface area contributed by atoms with E-state index in [1.165, 1.54) is 0 Å². The monoisotopic (exact) mass is 528 g/mol. The Morgan fingerprint density at radius 3 is 2.49 bits per heavy atom. The lowest BCUT2D eigenvalue weighted by Crippen LogP contribution is -2.27. The van der Waals surface area contributed by atoms with Crippen molar-refractivity contribution in [3.63, 3.8) is 0 Å². The number of rotatable bonds is 5. The van der Waals surface area contributed by atoms with E-state index in [1.807, 2.05) is 91.1 Å². The molecule has 0 radical (unpaired) electrons. The number of benzene rings is 4. The molecular weight excluding hydrogens is 508 g/mol. The summed E-state index contributed by atoms with van der Waals surface area (Å²) >= 11 is 6.14. The van der Waals surface area contributed by atoms with Gasteiger partial charge in [-0.05, 0) is 23.8 Å². The number of pyridine rings is 1. The number of fused-ring (bicyclic) bond motifs is 6. The summed E-state index contributed by atoms with van der Waals surface area (Å²) < 4.78 is 12.1. The van der Waals surface area contributed by atoms with Crippen molar-refractivity contribution in [2.45, 2.75) is 6.17 Å². The van der Waals surface area contributed by atoms with Gasteiger partial charge >= 0.3 is 0 Å². The maximum atomic E-state index is 9.08. The molecule has 0 aliphatic carbocycles. The highest BCUT2D eigenvalue weighted by atomic mass is 35.5. The van der Waals surface area contributed by atoms with Gasteiger partial charge in [0.25, 0.3) is 0 Å². The Kier molecular flexibility index (Phi) is 5.60. The molecule has 0 aliphatic heterocycles. The van der Waals surface area contributed by atoms with Crippen LogP contribution in [0.4, 0.5) is 0 Å². The molecule has 188 valence electrons. The zero-order chi connectivity index (χ0) is 26.3. The summed E-state index contributed by atoms with van der Waals surface area (Å²) in [5.74, 6) is 0.194. The van der Waals surface area contributed by atoms with Crippen LogP contribution in [0.1, 0.15) is 22.9 Å². The molecule has 0 amide bonds. The quantitative estimate of drug-likeness (QED) is 0.174. The van der Waals surface area contributed by atoms with E-state index >= 15 is 0 Å². The molecule has 3 heterocycles. The molecule has 0 saturated carbocycles. The molecule has 0 fully saturated rings. The van der Waals surface area contributed by atoms with E-state index < -0.39 is 6.17 Å². The average Bonchev–Trinajstić information content (AvgIpc) is 3.52. The number of hydrogen-bond acceptors (Lipinski definition) is 5. The molecule has 7 heteroatoms. The highest BCUT2D eigenvalue weighted by Crippen LogP contribution is 2.33. The molecule has 0 bridgehead atoms. The minimum Gasteiger partial charge on any atom is -0.456 e. The zero-order valence-electron chi connectivity index (χ0n) is 20.6. The van der Waals surface area contributed by atoms with E-state index in [-0.39, 0.29) is 5.84 Å². The topological polar surface area (TPSA) is 87.4 Å². The van der Waals surface area contributed by atoms with Crippen molar-refractivity contribution in [2.24, 2.45) is 4.99 Å². The smallest absolute Gasteiger partial charge is 0.155 e. The van der Waals surface area contributed by atoms with Crippen molar-refractivity contribution >= 4 is 67.7 Å². The number of nitrogens with zero attached hydrogens (tertiary/aromatic N) is 2. The maximum absolute atomic E-state index is 9.08. The average molecular weight is 529 g/mol. The number of nitrogens with one attached hydrogen (secondary N) is 2. The molecule has 3 aromatic heterocycles. The Morgan fingerprint density at radius 1 is 0.821 bits per heavy atom. The molecule has 0 saturated heterocycles. The summed E-state index contributed by atoms with van der Waals surface area (Å²) in [5.41, 5.74) is 5.96. The SMILES string of the molecule is N=C(NC(/N=C/c1ccccc1)c1ccc2c(c1)oc1ccccc12)c1cccc2oc3cc(Cl)cnc3c12. The number of furan rings is 2. The third-order valence-corrected chi connectivity index (χ3v) is 6.95. The van der Waals surface area contributed by atoms with Crippen LogP contribution in [0.15, 0.2) is 117 Å². The van der Waals surface area contributed by atoms with Gasteiger partial charge < -0.3 is 14.2 Å². The summed E-state index contributed by atoms with van der Waals surface area (Å²) in [5, 5.41) is 15.7. The van der Waals surface area contributed by atoms with Gasteiger partial charge in [0, 0.05) is 40.4 Å². The highest BCUT2D eigenvalue weighted by Gasteiger charge is 2.19. The zero-order valence-corrected chi connectivity index (χ0v) is 21.3. The van der Waals surface area contributed by atoms with Crippen LogP contribution in [0.25, 0.3) is 44.0 Å². The van der Waals surface area contributed by atoms with Gasteiger partial charge in [0.15, 0.2) is 5.58 Å². The van der Waals surface area contributed by atoms with E-state index in [2.05, 4.69) is 16.4 Å². The van der Waals surface area contributed by atoms with Crippen molar-refractivity contribution in [3.05, 3.63) is 125 Å². The molecule has 2 N–H and O–H groups in total. The third kappa shape index (κ3) is 4.21. The summed E-state index contributed by atoms with van der Waals surface area (Å²) in [6.45, 7) is 0. The molecule has 1 atom stereocenters. The first-order valence-corrected chi connectivity index (χ1v) is 12.8. The lowest BCUT2D eigenvalue weighted by molar-refractivity contribution is 0.658. The second-order valence-electron chi connectivity index (χ2n) is 9.25. The minimum absolute atomic E-state index is 0.194. The predicted molar refractivity (Wildman–Crippen MR) is 157 cm³/mol. The molecule has 0 aliphatic rings. The Labute approximate surface area is 228 Å². The van der Waals surface area contributed by atoms with Gasteiger partial charge in [-0.15, -0.1) is 0 Å². The molecular formula is C32H21ClN4O2. The summed E-state index contributed by atoms with van der Waals surface area (Å²) in [6.07, 6.45) is 2.85. The fourth-order valence-corrected chi connectivity index (χ4v) is 5.05. The Hall–Kier alpha value is -4.94. The number of halogens is 1. The molecule has 4 aromatic carbocycles. The Bertz CT molecular complexity index is 2040. The normalized spacial score (nSPS) is 12.6. The van der Waals surface area contributed by atoms with Crippen molar-refractivity contribution in [1.29, 1.82) is 5.41 Å². The molecule has 7 rings (SSSR count). The number of aliphatic imine (C=N–C) groups is 1. The van der Waals surface area contributed by atoms with Crippen molar-refractivity contribution in [3.8, 4) is 0 Å².